The number of carbonyl (C=O) groups excluding carboxylic acids is 1. The van der Waals surface area contributed by atoms with E-state index in [-0.39, 0.29) is 5.91 Å². The van der Waals surface area contributed by atoms with Crippen molar-refractivity contribution in [3.05, 3.63) is 35.4 Å². The molecule has 0 saturated heterocycles. The van der Waals surface area contributed by atoms with E-state index in [1.54, 1.807) is 33.2 Å². The summed E-state index contributed by atoms with van der Waals surface area (Å²) in [4.78, 5) is 17.8. The summed E-state index contributed by atoms with van der Waals surface area (Å²) in [5, 5.41) is 6.54. The number of rotatable bonds is 11. The molecule has 0 bridgehead atoms. The Morgan fingerprint density at radius 3 is 2.62 bits per heavy atom. The van der Waals surface area contributed by atoms with Gasteiger partial charge in [-0.2, -0.15) is 0 Å². The molecule has 0 atom stereocenters. The monoisotopic (exact) mass is 364 g/mol. The fraction of sp³-hybridized carbons (Fsp3) is 0.579. The van der Waals surface area contributed by atoms with Crippen molar-refractivity contribution in [1.29, 1.82) is 0 Å². The van der Waals surface area contributed by atoms with Crippen LogP contribution in [0.5, 0.6) is 0 Å². The summed E-state index contributed by atoms with van der Waals surface area (Å²) < 4.78 is 10.3. The fourth-order valence-corrected chi connectivity index (χ4v) is 2.29. The number of methoxy groups -OCH3 is 1. The zero-order valence-corrected chi connectivity index (χ0v) is 16.4. The van der Waals surface area contributed by atoms with Gasteiger partial charge in [0.2, 0.25) is 0 Å². The number of ether oxygens (including phenoxy) is 2. The third-order valence-corrected chi connectivity index (χ3v) is 3.70. The van der Waals surface area contributed by atoms with Crippen LogP contribution in [0.15, 0.2) is 29.3 Å². The molecule has 0 aromatic heterocycles. The summed E-state index contributed by atoms with van der Waals surface area (Å²) in [6.45, 7) is 3.47. The molecule has 0 saturated carbocycles. The number of aliphatic imine (C=N–C) groups is 1. The number of carbonyl (C=O) groups is 1. The van der Waals surface area contributed by atoms with Crippen molar-refractivity contribution in [1.82, 2.24) is 15.5 Å². The van der Waals surface area contributed by atoms with Crippen molar-refractivity contribution >= 4 is 11.9 Å². The lowest BCUT2D eigenvalue weighted by atomic mass is 10.1. The smallest absolute Gasteiger partial charge is 0.253 e. The van der Waals surface area contributed by atoms with Gasteiger partial charge in [-0.25, -0.2) is 0 Å². The van der Waals surface area contributed by atoms with Crippen LogP contribution in [0.3, 0.4) is 0 Å². The van der Waals surface area contributed by atoms with Crippen LogP contribution in [0.2, 0.25) is 0 Å². The van der Waals surface area contributed by atoms with Gasteiger partial charge >= 0.3 is 0 Å². The Morgan fingerprint density at radius 2 is 1.92 bits per heavy atom. The maximum Gasteiger partial charge on any atom is 0.253 e. The predicted molar refractivity (Wildman–Crippen MR) is 105 cm³/mol. The molecule has 0 aliphatic heterocycles. The third-order valence-electron chi connectivity index (χ3n) is 3.70. The van der Waals surface area contributed by atoms with Gasteiger partial charge in [-0.15, -0.1) is 0 Å². The average molecular weight is 364 g/mol. The zero-order chi connectivity index (χ0) is 19.2. The maximum atomic E-state index is 12.0. The first-order valence-corrected chi connectivity index (χ1v) is 8.90. The van der Waals surface area contributed by atoms with E-state index in [0.29, 0.717) is 25.4 Å². The highest BCUT2D eigenvalue weighted by atomic mass is 16.5. The number of benzene rings is 1. The number of guanidine groups is 1. The molecule has 1 aromatic carbocycles. The second-order valence-electron chi connectivity index (χ2n) is 6.03. The van der Waals surface area contributed by atoms with Gasteiger partial charge < -0.3 is 25.0 Å². The van der Waals surface area contributed by atoms with Crippen LogP contribution in [0.1, 0.15) is 22.3 Å². The molecular formula is C19H32N4O3. The number of amides is 1. The molecule has 146 valence electrons. The van der Waals surface area contributed by atoms with Gasteiger partial charge in [0, 0.05) is 53.5 Å². The summed E-state index contributed by atoms with van der Waals surface area (Å²) in [7, 11) is 6.93. The first-order chi connectivity index (χ1) is 12.6. The van der Waals surface area contributed by atoms with Crippen molar-refractivity contribution in [3.63, 3.8) is 0 Å². The van der Waals surface area contributed by atoms with E-state index in [0.717, 1.165) is 37.5 Å². The van der Waals surface area contributed by atoms with Gasteiger partial charge in [-0.3, -0.25) is 9.79 Å². The normalized spacial score (nSPS) is 11.3. The van der Waals surface area contributed by atoms with E-state index in [2.05, 4.69) is 15.6 Å². The summed E-state index contributed by atoms with van der Waals surface area (Å²) in [5.74, 6) is 0.785. The Balaban J connectivity index is 2.28. The molecule has 0 unspecified atom stereocenters. The zero-order valence-electron chi connectivity index (χ0n) is 16.4. The molecule has 1 rings (SSSR count). The van der Waals surface area contributed by atoms with E-state index in [1.165, 1.54) is 0 Å². The Kier molecular flexibility index (Phi) is 11.1. The molecule has 26 heavy (non-hydrogen) atoms. The number of hydrogen-bond acceptors (Lipinski definition) is 4. The molecule has 1 amide bonds. The van der Waals surface area contributed by atoms with E-state index < -0.39 is 0 Å². The SMILES string of the molecule is CN=C(NCCCOCCOC)NCCc1cccc(C(=O)N(C)C)c1. The Morgan fingerprint density at radius 1 is 1.15 bits per heavy atom. The maximum absolute atomic E-state index is 12.0. The lowest BCUT2D eigenvalue weighted by Gasteiger charge is -2.13. The molecule has 0 aliphatic rings. The highest BCUT2D eigenvalue weighted by molar-refractivity contribution is 5.94. The number of nitrogens with one attached hydrogen (secondary N) is 2. The van der Waals surface area contributed by atoms with Gasteiger partial charge in [0.05, 0.1) is 13.2 Å². The van der Waals surface area contributed by atoms with Gasteiger partial charge in [0.25, 0.3) is 5.91 Å². The van der Waals surface area contributed by atoms with Crippen LogP contribution < -0.4 is 10.6 Å². The first-order valence-electron chi connectivity index (χ1n) is 8.90. The predicted octanol–water partition coefficient (Wildman–Crippen LogP) is 1.15. The van der Waals surface area contributed by atoms with Crippen LogP contribution in [-0.2, 0) is 15.9 Å². The standard InChI is InChI=1S/C19H32N4O3/c1-20-19(21-10-6-12-26-14-13-25-4)22-11-9-16-7-5-8-17(15-16)18(24)23(2)3/h5,7-8,15H,6,9-14H2,1-4H3,(H2,20,21,22). The largest absolute Gasteiger partial charge is 0.382 e. The van der Waals surface area contributed by atoms with Crippen LogP contribution in [-0.4, -0.2) is 77.9 Å². The minimum absolute atomic E-state index is 0.0185. The molecule has 2 N–H and O–H groups in total. The van der Waals surface area contributed by atoms with E-state index in [1.807, 2.05) is 24.3 Å². The van der Waals surface area contributed by atoms with Crippen LogP contribution in [0, 0.1) is 0 Å². The Labute approximate surface area is 156 Å². The second-order valence-corrected chi connectivity index (χ2v) is 6.03. The van der Waals surface area contributed by atoms with Gasteiger partial charge in [0.1, 0.15) is 0 Å². The molecule has 7 heteroatoms. The molecule has 0 aliphatic carbocycles. The molecule has 0 radical (unpaired) electrons. The van der Waals surface area contributed by atoms with Crippen molar-refractivity contribution in [3.8, 4) is 0 Å². The van der Waals surface area contributed by atoms with Crippen molar-refractivity contribution in [2.45, 2.75) is 12.8 Å². The summed E-state index contributed by atoms with van der Waals surface area (Å²) in [6.07, 6.45) is 1.72. The molecule has 0 spiro atoms. The second kappa shape index (κ2) is 13.1. The van der Waals surface area contributed by atoms with Gasteiger partial charge in [-0.05, 0) is 30.5 Å². The summed E-state index contributed by atoms with van der Waals surface area (Å²) >= 11 is 0. The molecule has 1 aromatic rings. The van der Waals surface area contributed by atoms with Gasteiger partial charge in [-0.1, -0.05) is 12.1 Å². The fourth-order valence-electron chi connectivity index (χ4n) is 2.29. The van der Waals surface area contributed by atoms with E-state index in [9.17, 15) is 4.79 Å². The van der Waals surface area contributed by atoms with Crippen LogP contribution in [0.25, 0.3) is 0 Å². The van der Waals surface area contributed by atoms with Crippen molar-refractivity contribution < 1.29 is 14.3 Å². The third kappa shape index (κ3) is 8.82. The quantitative estimate of drug-likeness (QED) is 0.350. The average Bonchev–Trinajstić information content (AvgIpc) is 2.65. The Bertz CT molecular complexity index is 561. The minimum Gasteiger partial charge on any atom is -0.382 e. The van der Waals surface area contributed by atoms with Crippen LogP contribution >= 0.6 is 0 Å². The van der Waals surface area contributed by atoms with Crippen molar-refractivity contribution in [2.75, 3.05) is 61.2 Å². The van der Waals surface area contributed by atoms with Crippen molar-refractivity contribution in [2.24, 2.45) is 4.99 Å². The molecule has 0 heterocycles. The van der Waals surface area contributed by atoms with Gasteiger partial charge in [0.15, 0.2) is 5.96 Å². The number of hydrogen-bond donors (Lipinski definition) is 2. The molecule has 7 nitrogen and oxygen atoms in total. The molecule has 0 fully saturated rings. The highest BCUT2D eigenvalue weighted by Crippen LogP contribution is 2.07. The Hall–Kier alpha value is -2.12. The van der Waals surface area contributed by atoms with E-state index in [4.69, 9.17) is 9.47 Å². The summed E-state index contributed by atoms with van der Waals surface area (Å²) in [6, 6.07) is 7.73. The number of nitrogens with zero attached hydrogens (tertiary/aromatic N) is 2. The first kappa shape index (κ1) is 21.9. The summed E-state index contributed by atoms with van der Waals surface area (Å²) in [5.41, 5.74) is 1.83. The minimum atomic E-state index is 0.0185. The lowest BCUT2D eigenvalue weighted by molar-refractivity contribution is 0.0698. The topological polar surface area (TPSA) is 75.2 Å². The lowest BCUT2D eigenvalue weighted by Crippen LogP contribution is -2.39. The highest BCUT2D eigenvalue weighted by Gasteiger charge is 2.08. The van der Waals surface area contributed by atoms with Crippen LogP contribution in [0.4, 0.5) is 0 Å². The van der Waals surface area contributed by atoms with E-state index >= 15 is 0 Å². The molecular weight excluding hydrogens is 332 g/mol.